The molecule has 154 valence electrons. The number of aromatic nitrogens is 1. The SMILES string of the molecule is COc1ncccc1CN1CCCC2(CC1)CN(c1ccc(F)cc1)C(=O)CO2. The first-order chi connectivity index (χ1) is 14.1. The molecule has 2 aliphatic rings. The van der Waals surface area contributed by atoms with Crippen LogP contribution in [-0.4, -0.2) is 54.7 Å². The number of hydrogen-bond donors (Lipinski definition) is 0. The average Bonchev–Trinajstić information content (AvgIpc) is 2.93. The molecule has 1 atom stereocenters. The Hall–Kier alpha value is -2.51. The second kappa shape index (κ2) is 8.47. The van der Waals surface area contributed by atoms with E-state index in [1.807, 2.05) is 12.1 Å². The van der Waals surface area contributed by atoms with Crippen LogP contribution in [0.1, 0.15) is 24.8 Å². The molecule has 2 aliphatic heterocycles. The molecule has 6 nitrogen and oxygen atoms in total. The van der Waals surface area contributed by atoms with Gasteiger partial charge in [-0.3, -0.25) is 9.69 Å². The highest BCUT2D eigenvalue weighted by Crippen LogP contribution is 2.33. The second-order valence-corrected chi connectivity index (χ2v) is 7.73. The predicted molar refractivity (Wildman–Crippen MR) is 107 cm³/mol. The Bertz CT molecular complexity index is 861. The van der Waals surface area contributed by atoms with Crippen molar-refractivity contribution in [3.05, 3.63) is 54.0 Å². The van der Waals surface area contributed by atoms with Gasteiger partial charge < -0.3 is 14.4 Å². The number of morpholine rings is 1. The lowest BCUT2D eigenvalue weighted by molar-refractivity contribution is -0.140. The molecule has 1 aromatic carbocycles. The zero-order chi connectivity index (χ0) is 20.3. The van der Waals surface area contributed by atoms with Crippen molar-refractivity contribution in [1.82, 2.24) is 9.88 Å². The highest BCUT2D eigenvalue weighted by molar-refractivity contribution is 5.95. The molecule has 2 fully saturated rings. The molecule has 0 radical (unpaired) electrons. The van der Waals surface area contributed by atoms with Gasteiger partial charge in [-0.25, -0.2) is 9.37 Å². The van der Waals surface area contributed by atoms with E-state index in [0.29, 0.717) is 12.4 Å². The van der Waals surface area contributed by atoms with E-state index in [9.17, 15) is 9.18 Å². The molecule has 0 saturated carbocycles. The van der Waals surface area contributed by atoms with Crippen molar-refractivity contribution in [1.29, 1.82) is 0 Å². The summed E-state index contributed by atoms with van der Waals surface area (Å²) in [6, 6.07) is 10.1. The van der Waals surface area contributed by atoms with Gasteiger partial charge in [0, 0.05) is 30.5 Å². The monoisotopic (exact) mass is 399 g/mol. The Kier molecular flexibility index (Phi) is 5.78. The summed E-state index contributed by atoms with van der Waals surface area (Å²) >= 11 is 0. The lowest BCUT2D eigenvalue weighted by atomic mass is 9.92. The molecule has 7 heteroatoms. The average molecular weight is 399 g/mol. The van der Waals surface area contributed by atoms with Crippen LogP contribution in [0.4, 0.5) is 10.1 Å². The normalized spacial score (nSPS) is 23.2. The number of likely N-dealkylation sites (tertiary alicyclic amines) is 1. The molecule has 1 unspecified atom stereocenters. The van der Waals surface area contributed by atoms with Crippen molar-refractivity contribution in [2.45, 2.75) is 31.4 Å². The third-order valence-corrected chi connectivity index (χ3v) is 5.82. The van der Waals surface area contributed by atoms with Crippen LogP contribution >= 0.6 is 0 Å². The van der Waals surface area contributed by atoms with Crippen molar-refractivity contribution in [2.75, 3.05) is 38.3 Å². The van der Waals surface area contributed by atoms with Gasteiger partial charge >= 0.3 is 0 Å². The fourth-order valence-corrected chi connectivity index (χ4v) is 4.22. The van der Waals surface area contributed by atoms with E-state index in [1.165, 1.54) is 12.1 Å². The number of benzene rings is 1. The predicted octanol–water partition coefficient (Wildman–Crippen LogP) is 3.02. The summed E-state index contributed by atoms with van der Waals surface area (Å²) in [6.07, 6.45) is 4.43. The number of carbonyl (C=O) groups excluding carboxylic acids is 1. The van der Waals surface area contributed by atoms with Crippen LogP contribution in [-0.2, 0) is 16.1 Å². The molecular formula is C22H26FN3O3. The number of nitrogens with zero attached hydrogens (tertiary/aromatic N) is 3. The summed E-state index contributed by atoms with van der Waals surface area (Å²) < 4.78 is 24.7. The van der Waals surface area contributed by atoms with Gasteiger partial charge in [0.05, 0.1) is 19.3 Å². The largest absolute Gasteiger partial charge is 0.481 e. The Morgan fingerprint density at radius 2 is 2.03 bits per heavy atom. The van der Waals surface area contributed by atoms with Crippen molar-refractivity contribution < 1.29 is 18.7 Å². The van der Waals surface area contributed by atoms with Crippen LogP contribution in [0.25, 0.3) is 0 Å². The fourth-order valence-electron chi connectivity index (χ4n) is 4.22. The van der Waals surface area contributed by atoms with E-state index in [2.05, 4.69) is 9.88 Å². The first kappa shape index (κ1) is 19.8. The van der Waals surface area contributed by atoms with E-state index in [-0.39, 0.29) is 23.9 Å². The van der Waals surface area contributed by atoms with E-state index < -0.39 is 0 Å². The standard InChI is InChI=1S/C22H26FN3O3/c1-28-21-17(4-2-11-24-21)14-25-12-3-9-22(10-13-25)16-26(20(27)15-29-22)19-7-5-18(23)6-8-19/h2,4-8,11H,3,9-10,12-16H2,1H3. The number of carbonyl (C=O) groups is 1. The van der Waals surface area contributed by atoms with Crippen LogP contribution < -0.4 is 9.64 Å². The fraction of sp³-hybridized carbons (Fsp3) is 0.455. The molecule has 0 N–H and O–H groups in total. The van der Waals surface area contributed by atoms with Gasteiger partial charge in [-0.15, -0.1) is 0 Å². The maximum absolute atomic E-state index is 13.3. The third-order valence-electron chi connectivity index (χ3n) is 5.82. The van der Waals surface area contributed by atoms with Crippen molar-refractivity contribution >= 4 is 11.6 Å². The maximum atomic E-state index is 13.3. The van der Waals surface area contributed by atoms with Gasteiger partial charge in [0.15, 0.2) is 0 Å². The number of pyridine rings is 1. The Balaban J connectivity index is 1.45. The summed E-state index contributed by atoms with van der Waals surface area (Å²) in [5, 5.41) is 0. The first-order valence-corrected chi connectivity index (χ1v) is 9.99. The number of amides is 1. The first-order valence-electron chi connectivity index (χ1n) is 9.99. The van der Waals surface area contributed by atoms with Crippen LogP contribution in [0.3, 0.4) is 0 Å². The summed E-state index contributed by atoms with van der Waals surface area (Å²) in [4.78, 5) is 20.9. The maximum Gasteiger partial charge on any atom is 0.253 e. The minimum atomic E-state index is -0.365. The summed E-state index contributed by atoms with van der Waals surface area (Å²) in [5.74, 6) is 0.275. The van der Waals surface area contributed by atoms with Crippen LogP contribution in [0.2, 0.25) is 0 Å². The molecular weight excluding hydrogens is 373 g/mol. The smallest absolute Gasteiger partial charge is 0.253 e. The molecule has 1 spiro atoms. The van der Waals surface area contributed by atoms with Gasteiger partial charge in [0.25, 0.3) is 5.91 Å². The minimum absolute atomic E-state index is 0.0633. The van der Waals surface area contributed by atoms with Crippen LogP contribution in [0.5, 0.6) is 5.88 Å². The molecule has 2 saturated heterocycles. The van der Waals surface area contributed by atoms with Gasteiger partial charge in [0.2, 0.25) is 5.88 Å². The van der Waals surface area contributed by atoms with E-state index in [0.717, 1.165) is 50.1 Å². The molecule has 1 amide bonds. The quantitative estimate of drug-likeness (QED) is 0.791. The Morgan fingerprint density at radius 1 is 1.21 bits per heavy atom. The van der Waals surface area contributed by atoms with Gasteiger partial charge in [0.1, 0.15) is 12.4 Å². The topological polar surface area (TPSA) is 54.9 Å². The van der Waals surface area contributed by atoms with Crippen molar-refractivity contribution in [2.24, 2.45) is 0 Å². The Labute approximate surface area is 170 Å². The molecule has 0 bridgehead atoms. The van der Waals surface area contributed by atoms with Crippen molar-refractivity contribution in [3.63, 3.8) is 0 Å². The number of methoxy groups -OCH3 is 1. The highest BCUT2D eigenvalue weighted by atomic mass is 19.1. The van der Waals surface area contributed by atoms with Gasteiger partial charge in [-0.05, 0) is 56.1 Å². The summed E-state index contributed by atoms with van der Waals surface area (Å²) in [7, 11) is 1.64. The van der Waals surface area contributed by atoms with Gasteiger partial charge in [-0.2, -0.15) is 0 Å². The molecule has 29 heavy (non-hydrogen) atoms. The lowest BCUT2D eigenvalue weighted by Gasteiger charge is -2.42. The second-order valence-electron chi connectivity index (χ2n) is 7.73. The number of halogens is 1. The van der Waals surface area contributed by atoms with E-state index in [1.54, 1.807) is 30.3 Å². The molecule has 2 aromatic rings. The van der Waals surface area contributed by atoms with Crippen LogP contribution in [0.15, 0.2) is 42.6 Å². The summed E-state index contributed by atoms with van der Waals surface area (Å²) in [6.45, 7) is 3.15. The third kappa shape index (κ3) is 4.41. The number of anilines is 1. The lowest BCUT2D eigenvalue weighted by Crippen LogP contribution is -2.55. The van der Waals surface area contributed by atoms with E-state index in [4.69, 9.17) is 9.47 Å². The highest BCUT2D eigenvalue weighted by Gasteiger charge is 2.41. The molecule has 3 heterocycles. The zero-order valence-corrected chi connectivity index (χ0v) is 16.6. The molecule has 4 rings (SSSR count). The molecule has 0 aliphatic carbocycles. The minimum Gasteiger partial charge on any atom is -0.481 e. The number of ether oxygens (including phenoxy) is 2. The Morgan fingerprint density at radius 3 is 2.83 bits per heavy atom. The zero-order valence-electron chi connectivity index (χ0n) is 16.6. The number of hydrogen-bond acceptors (Lipinski definition) is 5. The van der Waals surface area contributed by atoms with Crippen molar-refractivity contribution in [3.8, 4) is 5.88 Å². The molecule has 1 aromatic heterocycles. The van der Waals surface area contributed by atoms with Gasteiger partial charge in [-0.1, -0.05) is 6.07 Å². The number of rotatable bonds is 4. The van der Waals surface area contributed by atoms with E-state index >= 15 is 0 Å². The summed E-state index contributed by atoms with van der Waals surface area (Å²) in [5.41, 5.74) is 1.43. The van der Waals surface area contributed by atoms with Crippen LogP contribution in [0, 0.1) is 5.82 Å².